The molecule has 0 bridgehead atoms. The summed E-state index contributed by atoms with van der Waals surface area (Å²) in [5.74, 6) is 0.108. The zero-order valence-electron chi connectivity index (χ0n) is 15.8. The molecule has 7 heteroatoms. The van der Waals surface area contributed by atoms with E-state index in [1.165, 1.54) is 24.0 Å². The number of ether oxygens (including phenoxy) is 1. The van der Waals surface area contributed by atoms with Gasteiger partial charge in [-0.25, -0.2) is 4.79 Å². The Morgan fingerprint density at radius 2 is 1.82 bits per heavy atom. The summed E-state index contributed by atoms with van der Waals surface area (Å²) in [5.41, 5.74) is 3.06. The average molecular weight is 433 g/mol. The van der Waals surface area contributed by atoms with Crippen LogP contribution >= 0.6 is 35.2 Å². The van der Waals surface area contributed by atoms with E-state index in [0.29, 0.717) is 20.9 Å². The fourth-order valence-electron chi connectivity index (χ4n) is 2.79. The predicted octanol–water partition coefficient (Wildman–Crippen LogP) is 6.66. The summed E-state index contributed by atoms with van der Waals surface area (Å²) >= 11 is 13.0. The number of carbonyl (C=O) groups is 1. The van der Waals surface area contributed by atoms with E-state index < -0.39 is 5.97 Å². The highest BCUT2D eigenvalue weighted by Crippen LogP contribution is 2.37. The number of thiophene rings is 1. The van der Waals surface area contributed by atoms with Crippen LogP contribution in [0.15, 0.2) is 42.5 Å². The second-order valence-electron chi connectivity index (χ2n) is 6.46. The van der Waals surface area contributed by atoms with E-state index in [4.69, 9.17) is 28.6 Å². The maximum atomic E-state index is 11.8. The van der Waals surface area contributed by atoms with Crippen LogP contribution in [0.25, 0.3) is 10.1 Å². The molecule has 2 N–H and O–H groups in total. The van der Waals surface area contributed by atoms with Crippen molar-refractivity contribution in [1.82, 2.24) is 0 Å². The largest absolute Gasteiger partial charge is 0.465 e. The molecule has 3 aromatic rings. The van der Waals surface area contributed by atoms with Gasteiger partial charge in [0.2, 0.25) is 0 Å². The molecule has 146 valence electrons. The summed E-state index contributed by atoms with van der Waals surface area (Å²) in [7, 11) is 1.34. The fraction of sp³-hybridized carbons (Fsp3) is 0.238. The monoisotopic (exact) mass is 432 g/mol. The minimum Gasteiger partial charge on any atom is -0.465 e. The number of anilines is 2. The summed E-state index contributed by atoms with van der Waals surface area (Å²) in [6, 6.07) is 14.0. The van der Waals surface area contributed by atoms with Crippen molar-refractivity contribution in [2.45, 2.75) is 26.2 Å². The summed E-state index contributed by atoms with van der Waals surface area (Å²) in [6.07, 6.45) is 1.11. The van der Waals surface area contributed by atoms with Crippen LogP contribution in [0.1, 0.15) is 41.4 Å². The predicted molar refractivity (Wildman–Crippen MR) is 123 cm³/mol. The third-order valence-electron chi connectivity index (χ3n) is 4.61. The first-order valence-electron chi connectivity index (χ1n) is 8.91. The van der Waals surface area contributed by atoms with Gasteiger partial charge in [0.1, 0.15) is 4.88 Å². The number of halogens is 1. The lowest BCUT2D eigenvalue weighted by Gasteiger charge is -2.13. The molecule has 1 heterocycles. The lowest BCUT2D eigenvalue weighted by Crippen LogP contribution is -2.18. The number of rotatable bonds is 5. The van der Waals surface area contributed by atoms with E-state index in [-0.39, 0.29) is 0 Å². The van der Waals surface area contributed by atoms with Gasteiger partial charge < -0.3 is 15.4 Å². The van der Waals surface area contributed by atoms with Crippen LogP contribution in [0.3, 0.4) is 0 Å². The second kappa shape index (κ2) is 8.90. The Labute approximate surface area is 178 Å². The van der Waals surface area contributed by atoms with Crippen molar-refractivity contribution < 1.29 is 9.53 Å². The molecular weight excluding hydrogens is 412 g/mol. The summed E-state index contributed by atoms with van der Waals surface area (Å²) in [6.45, 7) is 4.40. The quantitative estimate of drug-likeness (QED) is 0.348. The van der Waals surface area contributed by atoms with E-state index in [9.17, 15) is 4.79 Å². The Morgan fingerprint density at radius 3 is 2.46 bits per heavy atom. The molecule has 0 fully saturated rings. The molecule has 0 saturated heterocycles. The van der Waals surface area contributed by atoms with Crippen LogP contribution in [0, 0.1) is 0 Å². The van der Waals surface area contributed by atoms with Crippen molar-refractivity contribution in [3.05, 3.63) is 57.9 Å². The third kappa shape index (κ3) is 4.46. The highest BCUT2D eigenvalue weighted by Gasteiger charge is 2.17. The average Bonchev–Trinajstić information content (AvgIpc) is 3.03. The van der Waals surface area contributed by atoms with Crippen LogP contribution in [0.5, 0.6) is 0 Å². The minimum atomic E-state index is -0.432. The molecule has 3 rings (SSSR count). The Morgan fingerprint density at radius 1 is 1.18 bits per heavy atom. The Hall–Kier alpha value is -2.15. The molecule has 1 unspecified atom stereocenters. The number of thiocarbonyl (C=S) groups is 1. The Kier molecular flexibility index (Phi) is 6.54. The van der Waals surface area contributed by atoms with Gasteiger partial charge in [-0.3, -0.25) is 0 Å². The Bertz CT molecular complexity index is 1020. The molecule has 0 spiro atoms. The molecule has 0 amide bonds. The molecule has 1 aromatic heterocycles. The van der Waals surface area contributed by atoms with E-state index in [1.54, 1.807) is 0 Å². The van der Waals surface area contributed by atoms with Crippen LogP contribution < -0.4 is 10.6 Å². The van der Waals surface area contributed by atoms with Crippen molar-refractivity contribution in [1.29, 1.82) is 0 Å². The number of benzene rings is 2. The summed E-state index contributed by atoms with van der Waals surface area (Å²) in [4.78, 5) is 12.2. The zero-order valence-corrected chi connectivity index (χ0v) is 18.2. The topological polar surface area (TPSA) is 50.4 Å². The molecule has 1 atom stereocenters. The van der Waals surface area contributed by atoms with E-state index in [0.717, 1.165) is 27.9 Å². The SMILES string of the molecule is CCC(C)c1ccc(NC(=S)Nc2ccc3c(Cl)c(C(=O)OC)sc3c2)cc1. The molecule has 4 nitrogen and oxygen atoms in total. The lowest BCUT2D eigenvalue weighted by atomic mass is 9.99. The smallest absolute Gasteiger partial charge is 0.349 e. The van der Waals surface area contributed by atoms with Gasteiger partial charge in [-0.2, -0.15) is 0 Å². The fourth-order valence-corrected chi connectivity index (χ4v) is 4.49. The molecule has 0 aliphatic rings. The standard InChI is InChI=1S/C21H21ClN2O2S2/c1-4-12(2)13-5-7-14(8-6-13)23-21(27)24-15-9-10-16-17(11-15)28-19(18(16)22)20(25)26-3/h5-12H,4H2,1-3H3,(H2,23,24,27). The van der Waals surface area contributed by atoms with Gasteiger partial charge in [0.15, 0.2) is 5.11 Å². The van der Waals surface area contributed by atoms with E-state index in [2.05, 4.69) is 36.6 Å². The van der Waals surface area contributed by atoms with Crippen molar-refractivity contribution in [3.8, 4) is 0 Å². The molecule has 0 radical (unpaired) electrons. The van der Waals surface area contributed by atoms with Gasteiger partial charge in [-0.05, 0) is 60.5 Å². The molecule has 2 aromatic carbocycles. The normalized spacial score (nSPS) is 11.9. The van der Waals surface area contributed by atoms with Crippen LogP contribution in [-0.4, -0.2) is 18.2 Å². The number of esters is 1. The zero-order chi connectivity index (χ0) is 20.3. The first-order chi connectivity index (χ1) is 13.4. The van der Waals surface area contributed by atoms with E-state index in [1.807, 2.05) is 30.3 Å². The van der Waals surface area contributed by atoms with Crippen molar-refractivity contribution in [2.75, 3.05) is 17.7 Å². The highest BCUT2D eigenvalue weighted by molar-refractivity contribution is 7.80. The summed E-state index contributed by atoms with van der Waals surface area (Å²) in [5, 5.41) is 8.09. The number of hydrogen-bond acceptors (Lipinski definition) is 4. The van der Waals surface area contributed by atoms with Gasteiger partial charge in [0.05, 0.1) is 12.1 Å². The van der Waals surface area contributed by atoms with Gasteiger partial charge >= 0.3 is 5.97 Å². The van der Waals surface area contributed by atoms with Crippen LogP contribution in [0.2, 0.25) is 5.02 Å². The van der Waals surface area contributed by atoms with Gasteiger partial charge in [0, 0.05) is 21.5 Å². The van der Waals surface area contributed by atoms with Crippen molar-refractivity contribution in [3.63, 3.8) is 0 Å². The first kappa shape index (κ1) is 20.6. The molecular formula is C21H21ClN2O2S2. The summed E-state index contributed by atoms with van der Waals surface area (Å²) < 4.78 is 5.66. The van der Waals surface area contributed by atoms with Crippen molar-refractivity contribution >= 4 is 67.7 Å². The molecule has 0 aliphatic heterocycles. The number of carbonyl (C=O) groups excluding carboxylic acids is 1. The van der Waals surface area contributed by atoms with Gasteiger partial charge in [-0.1, -0.05) is 37.6 Å². The van der Waals surface area contributed by atoms with Gasteiger partial charge in [0.25, 0.3) is 0 Å². The minimum absolute atomic E-state index is 0.401. The van der Waals surface area contributed by atoms with Crippen LogP contribution in [0.4, 0.5) is 11.4 Å². The second-order valence-corrected chi connectivity index (χ2v) is 8.30. The highest BCUT2D eigenvalue weighted by atomic mass is 35.5. The number of fused-ring (bicyclic) bond motifs is 1. The first-order valence-corrected chi connectivity index (χ1v) is 10.5. The van der Waals surface area contributed by atoms with Crippen LogP contribution in [-0.2, 0) is 4.74 Å². The van der Waals surface area contributed by atoms with Gasteiger partial charge in [-0.15, -0.1) is 11.3 Å². The number of hydrogen-bond donors (Lipinski definition) is 2. The molecule has 28 heavy (non-hydrogen) atoms. The lowest BCUT2D eigenvalue weighted by molar-refractivity contribution is 0.0606. The van der Waals surface area contributed by atoms with E-state index >= 15 is 0 Å². The Balaban J connectivity index is 1.71. The molecule has 0 aliphatic carbocycles. The maximum absolute atomic E-state index is 11.8. The van der Waals surface area contributed by atoms with Crippen molar-refractivity contribution in [2.24, 2.45) is 0 Å². The number of methoxy groups -OCH3 is 1. The maximum Gasteiger partial charge on any atom is 0.349 e. The third-order valence-corrected chi connectivity index (χ3v) is 6.45. The molecule has 0 saturated carbocycles. The number of nitrogens with one attached hydrogen (secondary N) is 2.